The summed E-state index contributed by atoms with van der Waals surface area (Å²) in [5.74, 6) is 0.900. The molecule has 0 amide bonds. The van der Waals surface area contributed by atoms with E-state index >= 15 is 0 Å². The lowest BCUT2D eigenvalue weighted by Gasteiger charge is -2.50. The molecule has 92 valence electrons. The van der Waals surface area contributed by atoms with Gasteiger partial charge >= 0.3 is 0 Å². The zero-order chi connectivity index (χ0) is 11.9. The Bertz CT molecular complexity index is 385. The average Bonchev–Trinajstić information content (AvgIpc) is 2.40. The van der Waals surface area contributed by atoms with E-state index < -0.39 is 5.67 Å². The van der Waals surface area contributed by atoms with Crippen LogP contribution >= 0.6 is 0 Å². The Kier molecular flexibility index (Phi) is 2.42. The Morgan fingerprint density at radius 2 is 1.47 bits per heavy atom. The van der Waals surface area contributed by atoms with E-state index in [4.69, 9.17) is 4.74 Å². The van der Waals surface area contributed by atoms with Gasteiger partial charge in [0.2, 0.25) is 0 Å². The van der Waals surface area contributed by atoms with Crippen molar-refractivity contribution < 1.29 is 9.13 Å². The third kappa shape index (κ3) is 1.74. The second-order valence-electron chi connectivity index (χ2n) is 5.66. The van der Waals surface area contributed by atoms with Crippen molar-refractivity contribution >= 4 is 0 Å². The normalized spacial score (nSPS) is 35.9. The lowest BCUT2D eigenvalue weighted by molar-refractivity contribution is 0.00350. The van der Waals surface area contributed by atoms with E-state index in [0.29, 0.717) is 0 Å². The van der Waals surface area contributed by atoms with Crippen LogP contribution in [-0.4, -0.2) is 12.8 Å². The Morgan fingerprint density at radius 1 is 0.941 bits per heavy atom. The van der Waals surface area contributed by atoms with E-state index in [9.17, 15) is 4.39 Å². The minimum absolute atomic E-state index is 0.250. The maximum Gasteiger partial charge on any atom is 0.118 e. The molecule has 4 rings (SSSR count). The van der Waals surface area contributed by atoms with Gasteiger partial charge in [-0.25, -0.2) is 4.39 Å². The molecular weight excluding hydrogens is 215 g/mol. The molecule has 0 N–H and O–H groups in total. The van der Waals surface area contributed by atoms with Crippen LogP contribution in [-0.2, 0) is 5.41 Å². The molecule has 17 heavy (non-hydrogen) atoms. The highest BCUT2D eigenvalue weighted by Gasteiger charge is 2.49. The minimum Gasteiger partial charge on any atom is -0.497 e. The number of hydrogen-bond acceptors (Lipinski definition) is 1. The topological polar surface area (TPSA) is 9.23 Å². The van der Waals surface area contributed by atoms with Crippen LogP contribution in [0.2, 0.25) is 0 Å². The second kappa shape index (κ2) is 3.72. The number of alkyl halides is 1. The van der Waals surface area contributed by atoms with Crippen LogP contribution in [0.15, 0.2) is 24.3 Å². The summed E-state index contributed by atoms with van der Waals surface area (Å²) in [6, 6.07) is 8.37. The SMILES string of the molecule is COc1ccc(C23CCC(F)(CC2)CC3)cc1. The summed E-state index contributed by atoms with van der Waals surface area (Å²) in [5.41, 5.74) is 0.786. The molecule has 0 atom stereocenters. The monoisotopic (exact) mass is 234 g/mol. The van der Waals surface area contributed by atoms with Gasteiger partial charge in [0.1, 0.15) is 11.4 Å². The van der Waals surface area contributed by atoms with E-state index in [1.807, 2.05) is 12.1 Å². The number of halogens is 1. The molecule has 0 radical (unpaired) electrons. The first-order valence-corrected chi connectivity index (χ1v) is 6.49. The lowest BCUT2D eigenvalue weighted by Crippen LogP contribution is -2.45. The zero-order valence-corrected chi connectivity index (χ0v) is 10.3. The van der Waals surface area contributed by atoms with Crippen molar-refractivity contribution in [3.05, 3.63) is 29.8 Å². The maximum absolute atomic E-state index is 14.1. The van der Waals surface area contributed by atoms with Crippen molar-refractivity contribution in [1.82, 2.24) is 0 Å². The summed E-state index contributed by atoms with van der Waals surface area (Å²) in [6.07, 6.45) is 5.28. The fourth-order valence-corrected chi connectivity index (χ4v) is 3.52. The van der Waals surface area contributed by atoms with Crippen molar-refractivity contribution in [2.75, 3.05) is 7.11 Å². The fraction of sp³-hybridized carbons (Fsp3) is 0.600. The van der Waals surface area contributed by atoms with Gasteiger partial charge < -0.3 is 4.74 Å². The molecule has 0 spiro atoms. The van der Waals surface area contributed by atoms with Gasteiger partial charge in [0.25, 0.3) is 0 Å². The highest BCUT2D eigenvalue weighted by molar-refractivity contribution is 5.34. The largest absolute Gasteiger partial charge is 0.497 e. The maximum atomic E-state index is 14.1. The van der Waals surface area contributed by atoms with Crippen LogP contribution in [0.5, 0.6) is 5.75 Å². The number of ether oxygens (including phenoxy) is 1. The summed E-state index contributed by atoms with van der Waals surface area (Å²) in [5, 5.41) is 0. The molecule has 0 aliphatic heterocycles. The highest BCUT2D eigenvalue weighted by atomic mass is 19.1. The molecule has 1 aromatic carbocycles. The molecule has 3 saturated carbocycles. The summed E-state index contributed by atoms with van der Waals surface area (Å²) < 4.78 is 19.3. The van der Waals surface area contributed by atoms with Gasteiger partial charge in [-0.2, -0.15) is 0 Å². The Morgan fingerprint density at radius 3 is 1.94 bits per heavy atom. The second-order valence-corrected chi connectivity index (χ2v) is 5.66. The Balaban J connectivity index is 1.88. The summed E-state index contributed by atoms with van der Waals surface area (Å²) >= 11 is 0. The van der Waals surface area contributed by atoms with Gasteiger partial charge in [-0.1, -0.05) is 12.1 Å². The molecule has 0 aromatic heterocycles. The Labute approximate surface area is 102 Å². The predicted molar refractivity (Wildman–Crippen MR) is 66.2 cm³/mol. The molecular formula is C15H19FO. The van der Waals surface area contributed by atoms with Gasteiger partial charge in [-0.05, 0) is 61.6 Å². The number of rotatable bonds is 2. The van der Waals surface area contributed by atoms with E-state index in [1.54, 1.807) is 7.11 Å². The quantitative estimate of drug-likeness (QED) is 0.751. The molecule has 0 unspecified atom stereocenters. The van der Waals surface area contributed by atoms with E-state index in [2.05, 4.69) is 12.1 Å². The molecule has 1 aromatic rings. The third-order valence-corrected chi connectivity index (χ3v) is 4.86. The number of methoxy groups -OCH3 is 1. The molecule has 3 fully saturated rings. The summed E-state index contributed by atoms with van der Waals surface area (Å²) in [6.45, 7) is 0. The first-order chi connectivity index (χ1) is 8.16. The van der Waals surface area contributed by atoms with Gasteiger partial charge in [0.05, 0.1) is 7.11 Å². The first-order valence-electron chi connectivity index (χ1n) is 6.49. The molecule has 3 aliphatic rings. The van der Waals surface area contributed by atoms with Crippen LogP contribution in [0.1, 0.15) is 44.1 Å². The number of hydrogen-bond donors (Lipinski definition) is 0. The predicted octanol–water partition coefficient (Wildman–Crippen LogP) is 4.01. The molecule has 0 saturated heterocycles. The van der Waals surface area contributed by atoms with Gasteiger partial charge in [0, 0.05) is 0 Å². The van der Waals surface area contributed by atoms with Crippen molar-refractivity contribution in [1.29, 1.82) is 0 Å². The molecule has 0 heterocycles. The zero-order valence-electron chi connectivity index (χ0n) is 10.3. The van der Waals surface area contributed by atoms with Crippen molar-refractivity contribution in [3.63, 3.8) is 0 Å². The number of fused-ring (bicyclic) bond motifs is 3. The van der Waals surface area contributed by atoms with Crippen molar-refractivity contribution in [2.24, 2.45) is 0 Å². The Hall–Kier alpha value is -1.05. The molecule has 2 bridgehead atoms. The average molecular weight is 234 g/mol. The minimum atomic E-state index is -0.839. The fourth-order valence-electron chi connectivity index (χ4n) is 3.52. The van der Waals surface area contributed by atoms with E-state index in [-0.39, 0.29) is 5.41 Å². The van der Waals surface area contributed by atoms with E-state index in [0.717, 1.165) is 44.3 Å². The van der Waals surface area contributed by atoms with Crippen LogP contribution in [0.25, 0.3) is 0 Å². The summed E-state index contributed by atoms with van der Waals surface area (Å²) in [7, 11) is 1.69. The van der Waals surface area contributed by atoms with Crippen LogP contribution in [0, 0.1) is 0 Å². The molecule has 1 nitrogen and oxygen atoms in total. The molecule has 2 heteroatoms. The standard InChI is InChI=1S/C15H19FO/c1-17-13-4-2-12(3-5-13)14-6-9-15(16,10-7-14)11-8-14/h2-5H,6-11H2,1H3. The van der Waals surface area contributed by atoms with Crippen LogP contribution in [0.4, 0.5) is 4.39 Å². The van der Waals surface area contributed by atoms with E-state index in [1.165, 1.54) is 5.56 Å². The van der Waals surface area contributed by atoms with Gasteiger partial charge in [-0.3, -0.25) is 0 Å². The van der Waals surface area contributed by atoms with Gasteiger partial charge in [0.15, 0.2) is 0 Å². The molecule has 3 aliphatic carbocycles. The first kappa shape index (κ1) is 11.1. The van der Waals surface area contributed by atoms with Crippen molar-refractivity contribution in [2.45, 2.75) is 49.6 Å². The van der Waals surface area contributed by atoms with Crippen molar-refractivity contribution in [3.8, 4) is 5.75 Å². The van der Waals surface area contributed by atoms with Gasteiger partial charge in [-0.15, -0.1) is 0 Å². The lowest BCUT2D eigenvalue weighted by atomic mass is 9.57. The summed E-state index contributed by atoms with van der Waals surface area (Å²) in [4.78, 5) is 0. The van der Waals surface area contributed by atoms with Crippen LogP contribution < -0.4 is 4.74 Å². The number of benzene rings is 1. The third-order valence-electron chi connectivity index (χ3n) is 4.86. The van der Waals surface area contributed by atoms with Crippen LogP contribution in [0.3, 0.4) is 0 Å². The smallest absolute Gasteiger partial charge is 0.118 e. The highest BCUT2D eigenvalue weighted by Crippen LogP contribution is 2.55.